The van der Waals surface area contributed by atoms with Gasteiger partial charge in [0.15, 0.2) is 0 Å². The molecule has 0 bridgehead atoms. The van der Waals surface area contributed by atoms with Gasteiger partial charge in [-0.25, -0.2) is 4.98 Å². The van der Waals surface area contributed by atoms with E-state index in [2.05, 4.69) is 14.9 Å². The van der Waals surface area contributed by atoms with Crippen LogP contribution in [0.3, 0.4) is 0 Å². The van der Waals surface area contributed by atoms with Crippen molar-refractivity contribution in [2.45, 2.75) is 18.9 Å². The first kappa shape index (κ1) is 11.4. The van der Waals surface area contributed by atoms with Crippen LogP contribution in [0.5, 0.6) is 5.75 Å². The topological polar surface area (TPSA) is 39.1 Å². The van der Waals surface area contributed by atoms with Crippen LogP contribution >= 0.6 is 11.6 Å². The summed E-state index contributed by atoms with van der Waals surface area (Å²) < 4.78 is 7.36. The van der Waals surface area contributed by atoms with Crippen molar-refractivity contribution < 1.29 is 4.74 Å². The van der Waals surface area contributed by atoms with E-state index in [0.29, 0.717) is 16.8 Å². The Morgan fingerprint density at radius 1 is 1.44 bits per heavy atom. The minimum absolute atomic E-state index is 0.601. The van der Waals surface area contributed by atoms with Crippen molar-refractivity contribution in [1.82, 2.24) is 9.55 Å². The monoisotopic (exact) mass is 263 g/mol. The van der Waals surface area contributed by atoms with Gasteiger partial charge in [0.1, 0.15) is 5.75 Å². The molecule has 0 spiro atoms. The van der Waals surface area contributed by atoms with E-state index in [4.69, 9.17) is 16.3 Å². The summed E-state index contributed by atoms with van der Waals surface area (Å²) in [5.41, 5.74) is 0.921. The zero-order chi connectivity index (χ0) is 12.5. The molecule has 94 valence electrons. The molecule has 4 nitrogen and oxygen atoms in total. The summed E-state index contributed by atoms with van der Waals surface area (Å²) in [6.07, 6.45) is 6.28. The molecule has 1 aliphatic rings. The van der Waals surface area contributed by atoms with Crippen molar-refractivity contribution in [2.24, 2.45) is 0 Å². The number of rotatable bonds is 4. The maximum absolute atomic E-state index is 6.00. The van der Waals surface area contributed by atoms with Crippen LogP contribution in [0.15, 0.2) is 30.6 Å². The van der Waals surface area contributed by atoms with Gasteiger partial charge < -0.3 is 14.6 Å². The van der Waals surface area contributed by atoms with Crippen LogP contribution in [0, 0.1) is 0 Å². The number of nitrogens with zero attached hydrogens (tertiary/aromatic N) is 2. The van der Waals surface area contributed by atoms with Crippen molar-refractivity contribution in [2.75, 3.05) is 12.4 Å². The van der Waals surface area contributed by atoms with E-state index in [1.54, 1.807) is 7.11 Å². The lowest BCUT2D eigenvalue weighted by Gasteiger charge is -2.10. The summed E-state index contributed by atoms with van der Waals surface area (Å²) in [5, 5.41) is 3.89. The first-order valence-corrected chi connectivity index (χ1v) is 6.29. The number of benzene rings is 1. The highest BCUT2D eigenvalue weighted by atomic mass is 35.5. The second kappa shape index (κ2) is 4.53. The molecule has 1 fully saturated rings. The number of halogens is 1. The molecule has 3 rings (SSSR count). The molecule has 0 atom stereocenters. The van der Waals surface area contributed by atoms with Gasteiger partial charge in [-0.15, -0.1) is 0 Å². The second-order valence-electron chi connectivity index (χ2n) is 4.36. The number of imidazole rings is 1. The number of hydrogen-bond acceptors (Lipinski definition) is 3. The van der Waals surface area contributed by atoms with Crippen LogP contribution in [0.2, 0.25) is 5.02 Å². The largest absolute Gasteiger partial charge is 0.495 e. The van der Waals surface area contributed by atoms with Gasteiger partial charge in [-0.05, 0) is 25.0 Å². The molecule has 5 heteroatoms. The van der Waals surface area contributed by atoms with Gasteiger partial charge in [-0.3, -0.25) is 0 Å². The molecule has 1 saturated carbocycles. The maximum Gasteiger partial charge on any atom is 0.207 e. The minimum Gasteiger partial charge on any atom is -0.495 e. The predicted molar refractivity (Wildman–Crippen MR) is 71.8 cm³/mol. The van der Waals surface area contributed by atoms with Crippen molar-refractivity contribution in [3.8, 4) is 5.75 Å². The molecule has 0 amide bonds. The van der Waals surface area contributed by atoms with Crippen LogP contribution < -0.4 is 10.1 Å². The van der Waals surface area contributed by atoms with Gasteiger partial charge in [0, 0.05) is 30.2 Å². The SMILES string of the molecule is COc1cc(Nc2nccn2C2CC2)ccc1Cl. The lowest BCUT2D eigenvalue weighted by atomic mass is 10.3. The number of anilines is 2. The highest BCUT2D eigenvalue weighted by molar-refractivity contribution is 6.32. The number of ether oxygens (including phenoxy) is 1. The third kappa shape index (κ3) is 2.16. The number of nitrogens with one attached hydrogen (secondary N) is 1. The minimum atomic E-state index is 0.601. The van der Waals surface area contributed by atoms with Gasteiger partial charge in [0.25, 0.3) is 0 Å². The van der Waals surface area contributed by atoms with Gasteiger partial charge >= 0.3 is 0 Å². The summed E-state index contributed by atoms with van der Waals surface area (Å²) in [5.74, 6) is 1.52. The molecule has 1 aromatic heterocycles. The highest BCUT2D eigenvalue weighted by Gasteiger charge is 2.25. The predicted octanol–water partition coefficient (Wildman–Crippen LogP) is 3.62. The van der Waals surface area contributed by atoms with Gasteiger partial charge in [-0.2, -0.15) is 0 Å². The molecule has 1 aliphatic carbocycles. The molecule has 0 saturated heterocycles. The molecule has 0 unspecified atom stereocenters. The Balaban J connectivity index is 1.85. The molecule has 2 aromatic rings. The average molecular weight is 264 g/mol. The Hall–Kier alpha value is -1.68. The summed E-state index contributed by atoms with van der Waals surface area (Å²) >= 11 is 6.00. The van der Waals surface area contributed by atoms with E-state index in [9.17, 15) is 0 Å². The van der Waals surface area contributed by atoms with Crippen LogP contribution in [0.1, 0.15) is 18.9 Å². The van der Waals surface area contributed by atoms with Crippen LogP contribution in [-0.2, 0) is 0 Å². The van der Waals surface area contributed by atoms with Crippen LogP contribution in [0.25, 0.3) is 0 Å². The Bertz CT molecular complexity index is 563. The standard InChI is InChI=1S/C13H14ClN3O/c1-18-12-8-9(2-5-11(12)14)16-13-15-6-7-17(13)10-3-4-10/h2,5-8,10H,3-4H2,1H3,(H,15,16). The molecule has 0 radical (unpaired) electrons. The summed E-state index contributed by atoms with van der Waals surface area (Å²) in [7, 11) is 1.61. The lowest BCUT2D eigenvalue weighted by Crippen LogP contribution is -2.01. The van der Waals surface area contributed by atoms with Crippen LogP contribution in [0.4, 0.5) is 11.6 Å². The Kier molecular flexibility index (Phi) is 2.88. The molecule has 1 N–H and O–H groups in total. The average Bonchev–Trinajstić information content (AvgIpc) is 3.12. The van der Waals surface area contributed by atoms with Crippen molar-refractivity contribution in [3.05, 3.63) is 35.6 Å². The normalized spacial score (nSPS) is 14.6. The maximum atomic E-state index is 6.00. The number of methoxy groups -OCH3 is 1. The summed E-state index contributed by atoms with van der Waals surface area (Å²) in [4.78, 5) is 4.33. The van der Waals surface area contributed by atoms with E-state index in [1.165, 1.54) is 12.8 Å². The van der Waals surface area contributed by atoms with E-state index in [1.807, 2.05) is 30.6 Å². The number of hydrogen-bond donors (Lipinski definition) is 1. The first-order chi connectivity index (χ1) is 8.78. The first-order valence-electron chi connectivity index (χ1n) is 5.91. The third-order valence-electron chi connectivity index (χ3n) is 3.02. The van der Waals surface area contributed by atoms with Crippen molar-refractivity contribution in [3.63, 3.8) is 0 Å². The van der Waals surface area contributed by atoms with E-state index >= 15 is 0 Å². The molecule has 0 aliphatic heterocycles. The highest BCUT2D eigenvalue weighted by Crippen LogP contribution is 2.37. The lowest BCUT2D eigenvalue weighted by molar-refractivity contribution is 0.415. The molecular weight excluding hydrogens is 250 g/mol. The van der Waals surface area contributed by atoms with Crippen LogP contribution in [-0.4, -0.2) is 16.7 Å². The van der Waals surface area contributed by atoms with Gasteiger partial charge in [0.05, 0.1) is 12.1 Å². The van der Waals surface area contributed by atoms with Gasteiger partial charge in [0.2, 0.25) is 5.95 Å². The Labute approximate surface area is 111 Å². The third-order valence-corrected chi connectivity index (χ3v) is 3.33. The molecule has 1 heterocycles. The fourth-order valence-electron chi connectivity index (χ4n) is 1.92. The fourth-order valence-corrected chi connectivity index (χ4v) is 2.12. The van der Waals surface area contributed by atoms with E-state index in [0.717, 1.165) is 11.6 Å². The smallest absolute Gasteiger partial charge is 0.207 e. The Morgan fingerprint density at radius 2 is 2.28 bits per heavy atom. The Morgan fingerprint density at radius 3 is 3.00 bits per heavy atom. The molecule has 1 aromatic carbocycles. The summed E-state index contributed by atoms with van der Waals surface area (Å²) in [6.45, 7) is 0. The van der Waals surface area contributed by atoms with Crippen molar-refractivity contribution >= 4 is 23.2 Å². The zero-order valence-corrected chi connectivity index (χ0v) is 10.8. The molecular formula is C13H14ClN3O. The molecule has 18 heavy (non-hydrogen) atoms. The van der Waals surface area contributed by atoms with Crippen molar-refractivity contribution in [1.29, 1.82) is 0 Å². The second-order valence-corrected chi connectivity index (χ2v) is 4.77. The fraction of sp³-hybridized carbons (Fsp3) is 0.308. The quantitative estimate of drug-likeness (QED) is 0.916. The summed E-state index contributed by atoms with van der Waals surface area (Å²) in [6, 6.07) is 6.20. The van der Waals surface area contributed by atoms with Gasteiger partial charge in [-0.1, -0.05) is 11.6 Å². The number of aromatic nitrogens is 2. The zero-order valence-electron chi connectivity index (χ0n) is 10.1. The van der Waals surface area contributed by atoms with E-state index in [-0.39, 0.29) is 0 Å². The van der Waals surface area contributed by atoms with E-state index < -0.39 is 0 Å².